The topological polar surface area (TPSA) is 13.7 Å². The highest BCUT2D eigenvalue weighted by atomic mass is 16.5. The minimum Gasteiger partial charge on any atom is -0.375 e. The number of likely N-dealkylation sites (N-methyl/N-ethyl adjacent to an activating group) is 1. The van der Waals surface area contributed by atoms with Gasteiger partial charge in [0.15, 0.2) is 0 Å². The van der Waals surface area contributed by atoms with Gasteiger partial charge in [-0.2, -0.15) is 0 Å². The Morgan fingerprint density at radius 2 is 1.79 bits per heavy atom. The van der Waals surface area contributed by atoms with Crippen molar-refractivity contribution in [3.05, 3.63) is 35.9 Å². The Labute approximate surface area is 86.5 Å². The lowest BCUT2D eigenvalue weighted by Gasteiger charge is -2.07. The number of benzene rings is 1. The third kappa shape index (κ3) is 5.00. The van der Waals surface area contributed by atoms with E-state index >= 15 is 0 Å². The highest BCUT2D eigenvalue weighted by Gasteiger charge is 1.94. The van der Waals surface area contributed by atoms with Crippen LogP contribution in [0.3, 0.4) is 0 Å². The van der Waals surface area contributed by atoms with Crippen molar-refractivity contribution in [2.75, 3.05) is 33.9 Å². The molecule has 0 unspecified atom stereocenters. The van der Waals surface area contributed by atoms with E-state index in [0.717, 1.165) is 26.2 Å². The summed E-state index contributed by atoms with van der Waals surface area (Å²) in [6.07, 6.45) is 1.02. The van der Waals surface area contributed by atoms with Gasteiger partial charge in [0.2, 0.25) is 0 Å². The molecule has 14 heavy (non-hydrogen) atoms. The fraction of sp³-hybridized carbons (Fsp3) is 0.500. The summed E-state index contributed by atoms with van der Waals surface area (Å²) in [5.41, 5.74) is 1.35. The van der Waals surface area contributed by atoms with Crippen LogP contribution < -0.4 is 4.90 Å². The van der Waals surface area contributed by atoms with Crippen molar-refractivity contribution in [2.45, 2.75) is 6.42 Å². The Bertz CT molecular complexity index is 233. The SMILES string of the molecule is C[NH+](C)CCOCCc1ccccc1. The first kappa shape index (κ1) is 11.2. The molecule has 1 rings (SSSR count). The zero-order chi connectivity index (χ0) is 10.2. The van der Waals surface area contributed by atoms with E-state index in [4.69, 9.17) is 4.74 Å². The van der Waals surface area contributed by atoms with Crippen molar-refractivity contribution >= 4 is 0 Å². The van der Waals surface area contributed by atoms with E-state index in [-0.39, 0.29) is 0 Å². The zero-order valence-corrected chi connectivity index (χ0v) is 9.12. The van der Waals surface area contributed by atoms with E-state index in [1.807, 2.05) is 6.07 Å². The summed E-state index contributed by atoms with van der Waals surface area (Å²) in [6.45, 7) is 2.77. The summed E-state index contributed by atoms with van der Waals surface area (Å²) in [5, 5.41) is 0. The molecule has 2 heteroatoms. The van der Waals surface area contributed by atoms with Crippen LogP contribution in [0.1, 0.15) is 5.56 Å². The second-order valence-electron chi connectivity index (χ2n) is 3.81. The summed E-state index contributed by atoms with van der Waals surface area (Å²) >= 11 is 0. The maximum Gasteiger partial charge on any atom is 0.100 e. The van der Waals surface area contributed by atoms with Gasteiger partial charge >= 0.3 is 0 Å². The lowest BCUT2D eigenvalue weighted by molar-refractivity contribution is -0.858. The van der Waals surface area contributed by atoms with E-state index in [1.54, 1.807) is 0 Å². The summed E-state index contributed by atoms with van der Waals surface area (Å²) in [6, 6.07) is 10.5. The molecule has 0 atom stereocenters. The van der Waals surface area contributed by atoms with Gasteiger partial charge in [-0.1, -0.05) is 30.3 Å². The largest absolute Gasteiger partial charge is 0.375 e. The van der Waals surface area contributed by atoms with Gasteiger partial charge in [-0.05, 0) is 12.0 Å². The second-order valence-corrected chi connectivity index (χ2v) is 3.81. The molecule has 0 aliphatic carbocycles. The predicted octanol–water partition coefficient (Wildman–Crippen LogP) is 0.390. The van der Waals surface area contributed by atoms with Gasteiger partial charge in [-0.3, -0.25) is 0 Å². The normalized spacial score (nSPS) is 10.8. The molecule has 0 saturated heterocycles. The Morgan fingerprint density at radius 1 is 1.07 bits per heavy atom. The first-order valence-corrected chi connectivity index (χ1v) is 5.20. The van der Waals surface area contributed by atoms with Crippen molar-refractivity contribution < 1.29 is 9.64 Å². The first-order valence-electron chi connectivity index (χ1n) is 5.20. The van der Waals surface area contributed by atoms with Gasteiger partial charge in [0.05, 0.1) is 27.3 Å². The fourth-order valence-electron chi connectivity index (χ4n) is 1.21. The van der Waals surface area contributed by atoms with Crippen LogP contribution in [0.5, 0.6) is 0 Å². The number of ether oxygens (including phenoxy) is 1. The van der Waals surface area contributed by atoms with Crippen molar-refractivity contribution in [3.8, 4) is 0 Å². The van der Waals surface area contributed by atoms with Gasteiger partial charge < -0.3 is 9.64 Å². The highest BCUT2D eigenvalue weighted by molar-refractivity contribution is 5.14. The molecule has 0 aliphatic heterocycles. The minimum atomic E-state index is 0.831. The van der Waals surface area contributed by atoms with E-state index in [9.17, 15) is 0 Å². The molecule has 0 amide bonds. The zero-order valence-electron chi connectivity index (χ0n) is 9.12. The van der Waals surface area contributed by atoms with Crippen molar-refractivity contribution in [1.82, 2.24) is 0 Å². The van der Waals surface area contributed by atoms with Gasteiger partial charge in [-0.15, -0.1) is 0 Å². The average Bonchev–Trinajstić information content (AvgIpc) is 2.18. The summed E-state index contributed by atoms with van der Waals surface area (Å²) in [5.74, 6) is 0. The van der Waals surface area contributed by atoms with Crippen LogP contribution in [-0.2, 0) is 11.2 Å². The van der Waals surface area contributed by atoms with Gasteiger partial charge in [-0.25, -0.2) is 0 Å². The number of rotatable bonds is 6. The van der Waals surface area contributed by atoms with E-state index < -0.39 is 0 Å². The molecule has 0 radical (unpaired) electrons. The molecule has 0 fully saturated rings. The lowest BCUT2D eigenvalue weighted by atomic mass is 10.2. The second kappa shape index (κ2) is 6.57. The molecule has 1 aromatic carbocycles. The Kier molecular flexibility index (Phi) is 5.27. The smallest absolute Gasteiger partial charge is 0.100 e. The van der Waals surface area contributed by atoms with Crippen molar-refractivity contribution in [2.24, 2.45) is 0 Å². The van der Waals surface area contributed by atoms with Gasteiger partial charge in [0.25, 0.3) is 0 Å². The number of hydrogen-bond acceptors (Lipinski definition) is 1. The maximum absolute atomic E-state index is 5.53. The van der Waals surface area contributed by atoms with Crippen LogP contribution >= 0.6 is 0 Å². The summed E-state index contributed by atoms with van der Waals surface area (Å²) < 4.78 is 5.53. The molecule has 0 aromatic heterocycles. The Morgan fingerprint density at radius 3 is 2.43 bits per heavy atom. The average molecular weight is 194 g/mol. The van der Waals surface area contributed by atoms with Crippen LogP contribution in [0.25, 0.3) is 0 Å². The summed E-state index contributed by atoms with van der Waals surface area (Å²) in [4.78, 5) is 1.43. The minimum absolute atomic E-state index is 0.831. The Hall–Kier alpha value is -0.860. The van der Waals surface area contributed by atoms with Gasteiger partial charge in [0.1, 0.15) is 6.54 Å². The molecule has 78 valence electrons. The number of nitrogens with one attached hydrogen (secondary N) is 1. The van der Waals surface area contributed by atoms with Gasteiger partial charge in [0, 0.05) is 0 Å². The predicted molar refractivity (Wildman–Crippen MR) is 58.6 cm³/mol. The van der Waals surface area contributed by atoms with Crippen LogP contribution in [0, 0.1) is 0 Å². The highest BCUT2D eigenvalue weighted by Crippen LogP contribution is 1.98. The quantitative estimate of drug-likeness (QED) is 0.647. The summed E-state index contributed by atoms with van der Waals surface area (Å²) in [7, 11) is 4.28. The molecule has 1 N–H and O–H groups in total. The van der Waals surface area contributed by atoms with Crippen LogP contribution in [0.4, 0.5) is 0 Å². The van der Waals surface area contributed by atoms with Crippen LogP contribution in [-0.4, -0.2) is 33.9 Å². The van der Waals surface area contributed by atoms with Crippen LogP contribution in [0.2, 0.25) is 0 Å². The molecular formula is C12H20NO+. The standard InChI is InChI=1S/C12H19NO/c1-13(2)9-11-14-10-8-12-6-4-3-5-7-12/h3-7H,8-11H2,1-2H3/p+1. The lowest BCUT2D eigenvalue weighted by Crippen LogP contribution is -3.06. The molecule has 0 bridgehead atoms. The molecular weight excluding hydrogens is 174 g/mol. The molecule has 0 spiro atoms. The van der Waals surface area contributed by atoms with E-state index in [1.165, 1.54) is 10.5 Å². The number of hydrogen-bond donors (Lipinski definition) is 1. The molecule has 0 saturated carbocycles. The molecule has 1 aromatic rings. The van der Waals surface area contributed by atoms with Crippen molar-refractivity contribution in [1.29, 1.82) is 0 Å². The third-order valence-electron chi connectivity index (χ3n) is 2.12. The first-order chi connectivity index (χ1) is 6.79. The van der Waals surface area contributed by atoms with E-state index in [0.29, 0.717) is 0 Å². The Balaban J connectivity index is 2.05. The fourth-order valence-corrected chi connectivity index (χ4v) is 1.21. The van der Waals surface area contributed by atoms with E-state index in [2.05, 4.69) is 38.4 Å². The molecule has 0 heterocycles. The monoisotopic (exact) mass is 194 g/mol. The van der Waals surface area contributed by atoms with Crippen LogP contribution in [0.15, 0.2) is 30.3 Å². The third-order valence-corrected chi connectivity index (χ3v) is 2.12. The van der Waals surface area contributed by atoms with Crippen molar-refractivity contribution in [3.63, 3.8) is 0 Å². The maximum atomic E-state index is 5.53. The molecule has 2 nitrogen and oxygen atoms in total. The number of quaternary nitrogens is 1. The molecule has 0 aliphatic rings.